The molecule has 116 valence electrons. The molecule has 21 heavy (non-hydrogen) atoms. The van der Waals surface area contributed by atoms with Crippen molar-refractivity contribution < 1.29 is 9.59 Å². The number of nitrogens with zero attached hydrogens (tertiary/aromatic N) is 3. The van der Waals surface area contributed by atoms with Crippen molar-refractivity contribution in [3.05, 3.63) is 39.1 Å². The van der Waals surface area contributed by atoms with E-state index in [1.54, 1.807) is 6.92 Å². The number of aliphatic imine (C=N–C) groups is 1. The van der Waals surface area contributed by atoms with Crippen molar-refractivity contribution in [2.75, 3.05) is 34.2 Å². The molecule has 1 rings (SSSR count). The van der Waals surface area contributed by atoms with Gasteiger partial charge in [-0.05, 0) is 6.92 Å². The van der Waals surface area contributed by atoms with Gasteiger partial charge in [0.05, 0.1) is 39.9 Å². The van der Waals surface area contributed by atoms with Crippen LogP contribution in [-0.2, 0) is 6.54 Å². The lowest BCUT2D eigenvalue weighted by Gasteiger charge is -2.22. The van der Waals surface area contributed by atoms with Crippen molar-refractivity contribution in [2.45, 2.75) is 13.5 Å². The molecule has 0 spiro atoms. The maximum Gasteiger partial charge on any atom is 0.331 e. The second-order valence-electron chi connectivity index (χ2n) is 5.84. The van der Waals surface area contributed by atoms with E-state index in [1.165, 1.54) is 6.08 Å². The molecule has 0 unspecified atom stereocenters. The zero-order valence-corrected chi connectivity index (χ0v) is 13.0. The zero-order valence-electron chi connectivity index (χ0n) is 13.0. The standard InChI is InChI=1S/C14H22N4O3/c1-6-8-17-13(20)11(12(19)16-14(17)21)10(2)15-7-9-18(3,4)5/h6H,1,7-9H2,2-5H3,(H-,15,16,19,20,21)/p+1. The van der Waals surface area contributed by atoms with E-state index in [0.29, 0.717) is 12.3 Å². The second-order valence-corrected chi connectivity index (χ2v) is 5.84. The number of nitrogens with one attached hydrogen (secondary N) is 1. The van der Waals surface area contributed by atoms with Gasteiger partial charge in [-0.25, -0.2) is 4.79 Å². The van der Waals surface area contributed by atoms with Crippen LogP contribution in [-0.4, -0.2) is 59.1 Å². The van der Waals surface area contributed by atoms with Crippen molar-refractivity contribution in [1.82, 2.24) is 9.55 Å². The molecule has 0 bridgehead atoms. The Labute approximate surface area is 123 Å². The van der Waals surface area contributed by atoms with Crippen molar-refractivity contribution >= 4 is 5.71 Å². The minimum atomic E-state index is -0.666. The summed E-state index contributed by atoms with van der Waals surface area (Å²) in [5.74, 6) is -0.379. The quantitative estimate of drug-likeness (QED) is 0.438. The third kappa shape index (κ3) is 4.42. The number of H-pyrrole nitrogens is 1. The predicted molar refractivity (Wildman–Crippen MR) is 83.2 cm³/mol. The molecule has 2 N–H and O–H groups in total. The van der Waals surface area contributed by atoms with E-state index in [-0.39, 0.29) is 18.0 Å². The predicted octanol–water partition coefficient (Wildman–Crippen LogP) is -0.0566. The van der Waals surface area contributed by atoms with Gasteiger partial charge in [0.2, 0.25) is 5.88 Å². The highest BCUT2D eigenvalue weighted by molar-refractivity contribution is 6.00. The molecule has 7 nitrogen and oxygen atoms in total. The summed E-state index contributed by atoms with van der Waals surface area (Å²) in [6.45, 7) is 6.59. The molecule has 0 aliphatic rings. The van der Waals surface area contributed by atoms with Crippen molar-refractivity contribution in [3.8, 4) is 5.88 Å². The van der Waals surface area contributed by atoms with Crippen molar-refractivity contribution in [3.63, 3.8) is 0 Å². The first-order valence-electron chi connectivity index (χ1n) is 6.66. The smallest absolute Gasteiger partial charge is 0.331 e. The lowest BCUT2D eigenvalue weighted by Crippen LogP contribution is -2.37. The van der Waals surface area contributed by atoms with Crippen LogP contribution in [0, 0.1) is 0 Å². The van der Waals surface area contributed by atoms with Crippen LogP contribution in [0.25, 0.3) is 0 Å². The summed E-state index contributed by atoms with van der Waals surface area (Å²) in [4.78, 5) is 30.0. The lowest BCUT2D eigenvalue weighted by molar-refractivity contribution is -0.868. The highest BCUT2D eigenvalue weighted by Crippen LogP contribution is 2.11. The van der Waals surface area contributed by atoms with Crippen LogP contribution < -0.4 is 11.2 Å². The Morgan fingerprint density at radius 2 is 2.05 bits per heavy atom. The van der Waals surface area contributed by atoms with Gasteiger partial charge in [0.1, 0.15) is 5.56 Å². The maximum absolute atomic E-state index is 11.9. The number of quaternary nitrogens is 1. The average Bonchev–Trinajstić information content (AvgIpc) is 2.32. The van der Waals surface area contributed by atoms with Crippen LogP contribution in [0.3, 0.4) is 0 Å². The molecule has 1 aromatic rings. The molecule has 0 saturated heterocycles. The molecule has 0 saturated carbocycles. The van der Waals surface area contributed by atoms with Crippen LogP contribution in [0.4, 0.5) is 0 Å². The van der Waals surface area contributed by atoms with E-state index in [2.05, 4.69) is 16.6 Å². The summed E-state index contributed by atoms with van der Waals surface area (Å²) in [7, 11) is 6.12. The van der Waals surface area contributed by atoms with Gasteiger partial charge in [-0.2, -0.15) is 0 Å². The van der Waals surface area contributed by atoms with Gasteiger partial charge in [-0.15, -0.1) is 6.58 Å². The van der Waals surface area contributed by atoms with E-state index >= 15 is 0 Å². The molecule has 7 heteroatoms. The minimum absolute atomic E-state index is 0.0258. The van der Waals surface area contributed by atoms with E-state index < -0.39 is 11.2 Å². The summed E-state index contributed by atoms with van der Waals surface area (Å²) in [5, 5.41) is 10.1. The normalized spacial score (nSPS) is 12.5. The molecular formula is C14H23N4O3+. The number of allylic oxidation sites excluding steroid dienone is 1. The van der Waals surface area contributed by atoms with Gasteiger partial charge in [0.25, 0.3) is 5.56 Å². The Kier molecular flexibility index (Phi) is 5.26. The molecule has 0 amide bonds. The fraction of sp³-hybridized carbons (Fsp3) is 0.500. The van der Waals surface area contributed by atoms with Gasteiger partial charge in [0, 0.05) is 6.54 Å². The van der Waals surface area contributed by atoms with E-state index in [0.717, 1.165) is 15.6 Å². The van der Waals surface area contributed by atoms with Crippen LogP contribution in [0.5, 0.6) is 5.88 Å². The van der Waals surface area contributed by atoms with Gasteiger partial charge < -0.3 is 9.59 Å². The van der Waals surface area contributed by atoms with Gasteiger partial charge in [-0.1, -0.05) is 6.08 Å². The number of aromatic nitrogens is 2. The molecule has 1 heterocycles. The second kappa shape index (κ2) is 6.53. The fourth-order valence-corrected chi connectivity index (χ4v) is 1.78. The fourth-order valence-electron chi connectivity index (χ4n) is 1.78. The molecule has 0 fully saturated rings. The first kappa shape index (κ1) is 16.9. The molecule has 0 aromatic carbocycles. The van der Waals surface area contributed by atoms with E-state index in [1.807, 2.05) is 21.1 Å². The Bertz CT molecular complexity index is 662. The molecule has 0 atom stereocenters. The number of aromatic amines is 1. The van der Waals surface area contributed by atoms with Crippen LogP contribution in [0.1, 0.15) is 12.5 Å². The summed E-state index contributed by atoms with van der Waals surface area (Å²) >= 11 is 0. The SMILES string of the molecule is C=CCn1c(O)c(C(C)=NCC[N+](C)(C)C)c(=O)[nH]c1=O. The van der Waals surface area contributed by atoms with Crippen LogP contribution >= 0.6 is 0 Å². The molecule has 1 aromatic heterocycles. The first-order valence-corrected chi connectivity index (χ1v) is 6.66. The average molecular weight is 295 g/mol. The molecule has 0 radical (unpaired) electrons. The number of rotatable bonds is 6. The number of hydrogen-bond acceptors (Lipinski definition) is 4. The minimum Gasteiger partial charge on any atom is -0.494 e. The zero-order chi connectivity index (χ0) is 16.2. The largest absolute Gasteiger partial charge is 0.494 e. The van der Waals surface area contributed by atoms with Crippen molar-refractivity contribution in [2.24, 2.45) is 4.99 Å². The summed E-state index contributed by atoms with van der Waals surface area (Å²) in [5.41, 5.74) is -0.873. The highest BCUT2D eigenvalue weighted by atomic mass is 16.3. The third-order valence-electron chi connectivity index (χ3n) is 2.97. The summed E-state index contributed by atoms with van der Waals surface area (Å²) < 4.78 is 1.79. The number of likely N-dealkylation sites (N-methyl/N-ethyl adjacent to an activating group) is 1. The first-order chi connectivity index (χ1) is 9.67. The third-order valence-corrected chi connectivity index (χ3v) is 2.97. The summed E-state index contributed by atoms with van der Waals surface area (Å²) in [6.07, 6.45) is 1.47. The molecule has 0 aliphatic heterocycles. The van der Waals surface area contributed by atoms with E-state index in [9.17, 15) is 14.7 Å². The molecular weight excluding hydrogens is 272 g/mol. The summed E-state index contributed by atoms with van der Waals surface area (Å²) in [6, 6.07) is 0. The van der Waals surface area contributed by atoms with Gasteiger partial charge in [0.15, 0.2) is 0 Å². The molecule has 0 aliphatic carbocycles. The Morgan fingerprint density at radius 1 is 1.43 bits per heavy atom. The van der Waals surface area contributed by atoms with Crippen LogP contribution in [0.2, 0.25) is 0 Å². The maximum atomic E-state index is 11.9. The van der Waals surface area contributed by atoms with Crippen LogP contribution in [0.15, 0.2) is 27.2 Å². The topological polar surface area (TPSA) is 87.4 Å². The number of hydrogen-bond donors (Lipinski definition) is 2. The Hall–Kier alpha value is -2.15. The number of aromatic hydroxyl groups is 1. The lowest BCUT2D eigenvalue weighted by atomic mass is 10.2. The van der Waals surface area contributed by atoms with Crippen molar-refractivity contribution in [1.29, 1.82) is 0 Å². The van der Waals surface area contributed by atoms with Gasteiger partial charge in [-0.3, -0.25) is 19.3 Å². The Balaban J connectivity index is 3.21. The Morgan fingerprint density at radius 3 is 2.57 bits per heavy atom. The monoisotopic (exact) mass is 295 g/mol. The van der Waals surface area contributed by atoms with E-state index in [4.69, 9.17) is 0 Å². The van der Waals surface area contributed by atoms with Gasteiger partial charge >= 0.3 is 5.69 Å². The highest BCUT2D eigenvalue weighted by Gasteiger charge is 2.16.